The van der Waals surface area contributed by atoms with Crippen LogP contribution in [-0.4, -0.2) is 18.9 Å². The highest BCUT2D eigenvalue weighted by Crippen LogP contribution is 2.23. The third-order valence-corrected chi connectivity index (χ3v) is 9.01. The molecule has 0 fully saturated rings. The van der Waals surface area contributed by atoms with Crippen molar-refractivity contribution in [3.63, 3.8) is 0 Å². The molecule has 0 saturated carbocycles. The molecule has 0 amide bonds. The molecular formula is C12H27NSi. The maximum absolute atomic E-state index is 4.87. The van der Waals surface area contributed by atoms with Crippen LogP contribution in [-0.2, 0) is 0 Å². The summed E-state index contributed by atoms with van der Waals surface area (Å²) in [5.74, 6) is 0. The lowest BCUT2D eigenvalue weighted by molar-refractivity contribution is 0.584. The van der Waals surface area contributed by atoms with Crippen molar-refractivity contribution in [1.29, 1.82) is 0 Å². The quantitative estimate of drug-likeness (QED) is 0.488. The van der Waals surface area contributed by atoms with Gasteiger partial charge in [-0.25, -0.2) is 0 Å². The van der Waals surface area contributed by atoms with E-state index >= 15 is 0 Å². The summed E-state index contributed by atoms with van der Waals surface area (Å²) in [6.45, 7) is 15.8. The SMILES string of the molecule is CC[Si](CC)(CC)C(C)=NC(C)(C)C. The Bertz CT molecular complexity index is 189. The van der Waals surface area contributed by atoms with Crippen molar-refractivity contribution in [3.8, 4) is 0 Å². The van der Waals surface area contributed by atoms with Crippen LogP contribution < -0.4 is 0 Å². The molecule has 0 aromatic rings. The van der Waals surface area contributed by atoms with Crippen LogP contribution in [0.2, 0.25) is 18.1 Å². The molecular weight excluding hydrogens is 186 g/mol. The molecule has 0 rings (SSSR count). The summed E-state index contributed by atoms with van der Waals surface area (Å²) in [5.41, 5.74) is 0.0991. The third-order valence-electron chi connectivity index (χ3n) is 3.30. The van der Waals surface area contributed by atoms with Gasteiger partial charge in [-0.1, -0.05) is 38.9 Å². The summed E-state index contributed by atoms with van der Waals surface area (Å²) in [6.07, 6.45) is 0. The lowest BCUT2D eigenvalue weighted by Gasteiger charge is -2.30. The van der Waals surface area contributed by atoms with E-state index in [0.29, 0.717) is 0 Å². The van der Waals surface area contributed by atoms with E-state index in [9.17, 15) is 0 Å². The second kappa shape index (κ2) is 5.10. The molecule has 0 heterocycles. The van der Waals surface area contributed by atoms with Crippen LogP contribution in [0.4, 0.5) is 0 Å². The smallest absolute Gasteiger partial charge is 0.103 e. The predicted molar refractivity (Wildman–Crippen MR) is 70.1 cm³/mol. The first-order valence-corrected chi connectivity index (χ1v) is 8.50. The Morgan fingerprint density at radius 2 is 1.36 bits per heavy atom. The maximum Gasteiger partial charge on any atom is 0.103 e. The normalized spacial score (nSPS) is 14.6. The zero-order valence-corrected chi connectivity index (χ0v) is 12.1. The summed E-state index contributed by atoms with van der Waals surface area (Å²) in [5, 5.41) is 1.47. The summed E-state index contributed by atoms with van der Waals surface area (Å²) in [7, 11) is -1.18. The van der Waals surface area contributed by atoms with E-state index in [-0.39, 0.29) is 5.54 Å². The Labute approximate surface area is 91.0 Å². The molecule has 2 heteroatoms. The molecule has 0 unspecified atom stereocenters. The van der Waals surface area contributed by atoms with Crippen LogP contribution in [0.3, 0.4) is 0 Å². The molecule has 0 aliphatic rings. The molecule has 0 N–H and O–H groups in total. The Hall–Kier alpha value is -0.113. The van der Waals surface area contributed by atoms with Gasteiger partial charge in [0.2, 0.25) is 0 Å². The number of hydrogen-bond acceptors (Lipinski definition) is 1. The summed E-state index contributed by atoms with van der Waals surface area (Å²) >= 11 is 0. The Morgan fingerprint density at radius 1 is 1.00 bits per heavy atom. The molecule has 0 aliphatic carbocycles. The van der Waals surface area contributed by atoms with Gasteiger partial charge in [0.05, 0.1) is 5.54 Å². The molecule has 84 valence electrons. The van der Waals surface area contributed by atoms with Crippen LogP contribution in [0.25, 0.3) is 0 Å². The molecule has 1 nitrogen and oxygen atoms in total. The maximum atomic E-state index is 4.87. The Balaban J connectivity index is 4.94. The molecule has 0 atom stereocenters. The molecule has 0 saturated heterocycles. The topological polar surface area (TPSA) is 12.4 Å². The lowest BCUT2D eigenvalue weighted by Crippen LogP contribution is -2.41. The average Bonchev–Trinajstić information content (AvgIpc) is 2.05. The van der Waals surface area contributed by atoms with Gasteiger partial charge in [-0.3, -0.25) is 4.99 Å². The highest BCUT2D eigenvalue weighted by Gasteiger charge is 2.31. The van der Waals surface area contributed by atoms with Crippen LogP contribution in [0.5, 0.6) is 0 Å². The largest absolute Gasteiger partial charge is 0.293 e. The van der Waals surface area contributed by atoms with Crippen molar-refractivity contribution >= 4 is 13.4 Å². The Morgan fingerprint density at radius 3 is 1.57 bits per heavy atom. The van der Waals surface area contributed by atoms with E-state index in [0.717, 1.165) is 0 Å². The average molecular weight is 213 g/mol. The fraction of sp³-hybridized carbons (Fsp3) is 0.917. The molecule has 0 radical (unpaired) electrons. The van der Waals surface area contributed by atoms with Crippen molar-refractivity contribution in [2.24, 2.45) is 4.99 Å². The van der Waals surface area contributed by atoms with E-state index in [1.165, 1.54) is 23.5 Å². The molecule has 0 aromatic heterocycles. The minimum absolute atomic E-state index is 0.0991. The second-order valence-electron chi connectivity index (χ2n) is 5.21. The van der Waals surface area contributed by atoms with Crippen molar-refractivity contribution < 1.29 is 0 Å². The molecule has 14 heavy (non-hydrogen) atoms. The number of aliphatic imine (C=N–C) groups is 1. The fourth-order valence-electron chi connectivity index (χ4n) is 2.14. The van der Waals surface area contributed by atoms with Crippen LogP contribution in [0, 0.1) is 0 Å². The van der Waals surface area contributed by atoms with Crippen molar-refractivity contribution in [2.75, 3.05) is 0 Å². The van der Waals surface area contributed by atoms with Gasteiger partial charge in [-0.2, -0.15) is 0 Å². The minimum atomic E-state index is -1.18. The number of rotatable bonds is 4. The molecule has 0 aliphatic heterocycles. The van der Waals surface area contributed by atoms with Crippen molar-refractivity contribution in [2.45, 2.75) is 72.1 Å². The molecule has 0 aromatic carbocycles. The zero-order chi connectivity index (χ0) is 11.4. The van der Waals surface area contributed by atoms with Crippen molar-refractivity contribution in [1.82, 2.24) is 0 Å². The first kappa shape index (κ1) is 13.9. The van der Waals surface area contributed by atoms with Crippen LogP contribution in [0.15, 0.2) is 4.99 Å². The highest BCUT2D eigenvalue weighted by molar-refractivity contribution is 7.06. The van der Waals surface area contributed by atoms with Gasteiger partial charge >= 0.3 is 0 Å². The van der Waals surface area contributed by atoms with Gasteiger partial charge in [-0.15, -0.1) is 0 Å². The van der Waals surface area contributed by atoms with E-state index in [1.54, 1.807) is 0 Å². The second-order valence-corrected chi connectivity index (χ2v) is 10.6. The van der Waals surface area contributed by atoms with Gasteiger partial charge in [0.15, 0.2) is 0 Å². The van der Waals surface area contributed by atoms with Gasteiger partial charge < -0.3 is 0 Å². The van der Waals surface area contributed by atoms with Gasteiger partial charge in [-0.05, 0) is 33.0 Å². The zero-order valence-electron chi connectivity index (χ0n) is 11.1. The van der Waals surface area contributed by atoms with Gasteiger partial charge in [0.25, 0.3) is 0 Å². The number of hydrogen-bond donors (Lipinski definition) is 0. The lowest BCUT2D eigenvalue weighted by atomic mass is 10.1. The van der Waals surface area contributed by atoms with Crippen molar-refractivity contribution in [3.05, 3.63) is 0 Å². The Kier molecular flexibility index (Phi) is 5.06. The van der Waals surface area contributed by atoms with Gasteiger partial charge in [0, 0.05) is 0 Å². The first-order chi connectivity index (χ1) is 6.31. The predicted octanol–water partition coefficient (Wildman–Crippen LogP) is 4.29. The summed E-state index contributed by atoms with van der Waals surface area (Å²) in [6, 6.07) is 4.02. The third kappa shape index (κ3) is 3.56. The molecule has 0 bridgehead atoms. The van der Waals surface area contributed by atoms with E-state index in [4.69, 9.17) is 4.99 Å². The fourth-order valence-corrected chi connectivity index (χ4v) is 5.75. The van der Waals surface area contributed by atoms with Crippen LogP contribution in [0.1, 0.15) is 48.5 Å². The minimum Gasteiger partial charge on any atom is -0.293 e. The van der Waals surface area contributed by atoms with E-state index in [1.807, 2.05) is 0 Å². The summed E-state index contributed by atoms with van der Waals surface area (Å²) < 4.78 is 0. The summed E-state index contributed by atoms with van der Waals surface area (Å²) in [4.78, 5) is 4.87. The van der Waals surface area contributed by atoms with E-state index < -0.39 is 8.07 Å². The van der Waals surface area contributed by atoms with Gasteiger partial charge in [0.1, 0.15) is 8.07 Å². The highest BCUT2D eigenvalue weighted by atomic mass is 28.3. The number of nitrogens with zero attached hydrogens (tertiary/aromatic N) is 1. The van der Waals surface area contributed by atoms with Crippen LogP contribution >= 0.6 is 0 Å². The monoisotopic (exact) mass is 213 g/mol. The first-order valence-electron chi connectivity index (χ1n) is 5.88. The standard InChI is InChI=1S/C12H27NSi/c1-8-14(9-2,10-3)11(4)13-12(5,6)7/h8-10H2,1-7H3. The molecule has 0 spiro atoms. The van der Waals surface area contributed by atoms with E-state index in [2.05, 4.69) is 48.5 Å².